The van der Waals surface area contributed by atoms with Crippen LogP contribution < -0.4 is 10.5 Å². The first-order chi connectivity index (χ1) is 9.85. The Morgan fingerprint density at radius 2 is 1.91 bits per heavy atom. The van der Waals surface area contributed by atoms with Gasteiger partial charge >= 0.3 is 0 Å². The summed E-state index contributed by atoms with van der Waals surface area (Å²) in [5.74, 6) is 1.65. The Morgan fingerprint density at radius 1 is 1.27 bits per heavy atom. The van der Waals surface area contributed by atoms with E-state index in [0.29, 0.717) is 12.5 Å². The molecule has 2 fully saturated rings. The number of hydrogen-bond donors (Lipinski definition) is 2. The van der Waals surface area contributed by atoms with E-state index in [-0.39, 0.29) is 35.9 Å². The SMILES string of the molecule is CC1CCN(C(N)=NCC2CCCC2NS(C)(=O)=O)CC1.I. The fourth-order valence-electron chi connectivity index (χ4n) is 3.23. The summed E-state index contributed by atoms with van der Waals surface area (Å²) in [6, 6.07) is 0.0120. The zero-order valence-corrected chi connectivity index (χ0v) is 16.6. The molecule has 0 spiro atoms. The van der Waals surface area contributed by atoms with E-state index in [1.807, 2.05) is 0 Å². The van der Waals surface area contributed by atoms with Gasteiger partial charge in [-0.2, -0.15) is 0 Å². The van der Waals surface area contributed by atoms with Gasteiger partial charge in [-0.25, -0.2) is 13.1 Å². The molecule has 2 unspecified atom stereocenters. The molecule has 1 saturated heterocycles. The summed E-state index contributed by atoms with van der Waals surface area (Å²) >= 11 is 0. The fourth-order valence-corrected chi connectivity index (χ4v) is 4.09. The quantitative estimate of drug-likeness (QED) is 0.390. The predicted molar refractivity (Wildman–Crippen MR) is 101 cm³/mol. The number of rotatable bonds is 4. The predicted octanol–water partition coefficient (Wildman–Crippen LogP) is 1.37. The molecule has 22 heavy (non-hydrogen) atoms. The monoisotopic (exact) mass is 444 g/mol. The first-order valence-electron chi connectivity index (χ1n) is 7.87. The third-order valence-electron chi connectivity index (χ3n) is 4.62. The van der Waals surface area contributed by atoms with Crippen molar-refractivity contribution in [2.75, 3.05) is 25.9 Å². The number of halogens is 1. The Kier molecular flexibility index (Phi) is 7.87. The molecule has 0 amide bonds. The molecule has 1 aliphatic heterocycles. The van der Waals surface area contributed by atoms with E-state index in [0.717, 1.165) is 51.1 Å². The lowest BCUT2D eigenvalue weighted by molar-refractivity contribution is 0.277. The van der Waals surface area contributed by atoms with Crippen LogP contribution >= 0.6 is 24.0 Å². The van der Waals surface area contributed by atoms with Crippen LogP contribution in [0.2, 0.25) is 0 Å². The number of sulfonamides is 1. The number of hydrogen-bond acceptors (Lipinski definition) is 3. The van der Waals surface area contributed by atoms with Gasteiger partial charge < -0.3 is 10.6 Å². The average Bonchev–Trinajstić information content (AvgIpc) is 2.82. The van der Waals surface area contributed by atoms with Crippen molar-refractivity contribution in [2.24, 2.45) is 22.6 Å². The van der Waals surface area contributed by atoms with Crippen molar-refractivity contribution in [1.29, 1.82) is 0 Å². The van der Waals surface area contributed by atoms with E-state index >= 15 is 0 Å². The van der Waals surface area contributed by atoms with E-state index in [9.17, 15) is 8.42 Å². The summed E-state index contributed by atoms with van der Waals surface area (Å²) in [5, 5.41) is 0. The number of likely N-dealkylation sites (tertiary alicyclic amines) is 1. The molecule has 0 radical (unpaired) electrons. The highest BCUT2D eigenvalue weighted by molar-refractivity contribution is 14.0. The van der Waals surface area contributed by atoms with Crippen LogP contribution in [0.3, 0.4) is 0 Å². The van der Waals surface area contributed by atoms with Crippen molar-refractivity contribution in [3.63, 3.8) is 0 Å². The van der Waals surface area contributed by atoms with Crippen molar-refractivity contribution in [3.8, 4) is 0 Å². The second-order valence-corrected chi connectivity index (χ2v) is 8.34. The van der Waals surface area contributed by atoms with Crippen LogP contribution in [0.5, 0.6) is 0 Å². The van der Waals surface area contributed by atoms with Crippen molar-refractivity contribution >= 4 is 40.0 Å². The van der Waals surface area contributed by atoms with Gasteiger partial charge in [-0.3, -0.25) is 4.99 Å². The minimum Gasteiger partial charge on any atom is -0.370 e. The maximum atomic E-state index is 11.4. The molecule has 2 atom stereocenters. The van der Waals surface area contributed by atoms with E-state index in [1.165, 1.54) is 6.26 Å². The van der Waals surface area contributed by atoms with E-state index in [1.54, 1.807) is 0 Å². The summed E-state index contributed by atoms with van der Waals surface area (Å²) in [4.78, 5) is 6.67. The minimum absolute atomic E-state index is 0. The van der Waals surface area contributed by atoms with Crippen molar-refractivity contribution in [1.82, 2.24) is 9.62 Å². The smallest absolute Gasteiger partial charge is 0.208 e. The van der Waals surface area contributed by atoms with Crippen molar-refractivity contribution < 1.29 is 8.42 Å². The highest BCUT2D eigenvalue weighted by atomic mass is 127. The fraction of sp³-hybridized carbons (Fsp3) is 0.929. The number of nitrogens with zero attached hydrogens (tertiary/aromatic N) is 2. The Hall–Kier alpha value is -0.0900. The zero-order chi connectivity index (χ0) is 15.5. The first-order valence-corrected chi connectivity index (χ1v) is 9.76. The minimum atomic E-state index is -3.15. The molecule has 0 aromatic heterocycles. The second-order valence-electron chi connectivity index (χ2n) is 6.56. The Bertz CT molecular complexity index is 475. The van der Waals surface area contributed by atoms with Crippen LogP contribution in [-0.4, -0.2) is 51.2 Å². The van der Waals surface area contributed by atoms with Gasteiger partial charge in [0.2, 0.25) is 10.0 Å². The first kappa shape index (κ1) is 20.0. The molecule has 1 heterocycles. The van der Waals surface area contributed by atoms with Crippen LogP contribution in [-0.2, 0) is 10.0 Å². The Labute approximate surface area is 151 Å². The second kappa shape index (κ2) is 8.68. The molecule has 0 bridgehead atoms. The van der Waals surface area contributed by atoms with Gasteiger partial charge in [-0.15, -0.1) is 24.0 Å². The molecule has 6 nitrogen and oxygen atoms in total. The van der Waals surface area contributed by atoms with E-state index in [2.05, 4.69) is 21.5 Å². The standard InChI is InChI=1S/C14H28N4O2S.HI/c1-11-6-8-18(9-7-11)14(15)16-10-12-4-3-5-13(12)17-21(2,19)20;/h11-13,17H,3-10H2,1-2H3,(H2,15,16);1H. The number of nitrogens with two attached hydrogens (primary N) is 1. The van der Waals surface area contributed by atoms with Crippen LogP contribution in [0.25, 0.3) is 0 Å². The molecule has 3 N–H and O–H groups in total. The van der Waals surface area contributed by atoms with E-state index < -0.39 is 10.0 Å². The Morgan fingerprint density at radius 3 is 2.50 bits per heavy atom. The molecular formula is C14H29IN4O2S. The highest BCUT2D eigenvalue weighted by Crippen LogP contribution is 2.26. The van der Waals surface area contributed by atoms with Gasteiger partial charge in [0.15, 0.2) is 5.96 Å². The van der Waals surface area contributed by atoms with Crippen LogP contribution in [0.4, 0.5) is 0 Å². The molecule has 0 aromatic rings. The number of piperidine rings is 1. The topological polar surface area (TPSA) is 87.8 Å². The van der Waals surface area contributed by atoms with Gasteiger partial charge in [-0.05, 0) is 37.5 Å². The van der Waals surface area contributed by atoms with Crippen molar-refractivity contribution in [2.45, 2.75) is 45.1 Å². The van der Waals surface area contributed by atoms with Gasteiger partial charge in [0.05, 0.1) is 6.26 Å². The third kappa shape index (κ3) is 6.19. The molecule has 2 aliphatic rings. The lowest BCUT2D eigenvalue weighted by Gasteiger charge is -2.31. The van der Waals surface area contributed by atoms with Crippen LogP contribution in [0.15, 0.2) is 4.99 Å². The summed E-state index contributed by atoms with van der Waals surface area (Å²) in [6.45, 7) is 4.84. The normalized spacial score (nSPS) is 27.7. The Balaban J connectivity index is 0.00000242. The van der Waals surface area contributed by atoms with Crippen LogP contribution in [0, 0.1) is 11.8 Å². The summed E-state index contributed by atoms with van der Waals surface area (Å²) in [5.41, 5.74) is 6.08. The molecular weight excluding hydrogens is 415 g/mol. The highest BCUT2D eigenvalue weighted by Gasteiger charge is 2.29. The van der Waals surface area contributed by atoms with Gasteiger partial charge in [0.1, 0.15) is 0 Å². The lowest BCUT2D eigenvalue weighted by atomic mass is 10.00. The molecule has 8 heteroatoms. The van der Waals surface area contributed by atoms with Gasteiger partial charge in [-0.1, -0.05) is 13.3 Å². The lowest BCUT2D eigenvalue weighted by Crippen LogP contribution is -2.43. The number of guanidine groups is 1. The zero-order valence-electron chi connectivity index (χ0n) is 13.5. The largest absolute Gasteiger partial charge is 0.370 e. The number of aliphatic imine (C=N–C) groups is 1. The summed E-state index contributed by atoms with van der Waals surface area (Å²) in [7, 11) is -3.15. The molecule has 2 rings (SSSR count). The van der Waals surface area contributed by atoms with Gasteiger partial charge in [0.25, 0.3) is 0 Å². The summed E-state index contributed by atoms with van der Waals surface area (Å²) in [6.07, 6.45) is 6.51. The van der Waals surface area contributed by atoms with Crippen LogP contribution in [0.1, 0.15) is 39.0 Å². The molecule has 0 aromatic carbocycles. The molecule has 1 aliphatic carbocycles. The third-order valence-corrected chi connectivity index (χ3v) is 5.35. The van der Waals surface area contributed by atoms with Gasteiger partial charge in [0, 0.05) is 25.7 Å². The van der Waals surface area contributed by atoms with Crippen molar-refractivity contribution in [3.05, 3.63) is 0 Å². The molecule has 1 saturated carbocycles. The van der Waals surface area contributed by atoms with E-state index in [4.69, 9.17) is 5.73 Å². The summed E-state index contributed by atoms with van der Waals surface area (Å²) < 4.78 is 25.5. The average molecular weight is 444 g/mol. The molecule has 130 valence electrons. The maximum Gasteiger partial charge on any atom is 0.208 e. The maximum absolute atomic E-state index is 11.4. The number of nitrogens with one attached hydrogen (secondary N) is 1.